The third-order valence-corrected chi connectivity index (χ3v) is 2.90. The summed E-state index contributed by atoms with van der Waals surface area (Å²) in [5.41, 5.74) is 0.794. The number of hydrogen-bond donors (Lipinski definition) is 1. The van der Waals surface area contributed by atoms with Gasteiger partial charge in [-0.25, -0.2) is 4.98 Å². The first-order chi connectivity index (χ1) is 7.27. The second kappa shape index (κ2) is 4.68. The predicted molar refractivity (Wildman–Crippen MR) is 63.0 cm³/mol. The molecule has 0 radical (unpaired) electrons. The van der Waals surface area contributed by atoms with Crippen LogP contribution in [0.5, 0.6) is 0 Å². The molecule has 2 aromatic heterocycles. The van der Waals surface area contributed by atoms with Gasteiger partial charge in [-0.3, -0.25) is 0 Å². The zero-order valence-electron chi connectivity index (χ0n) is 7.71. The predicted octanol–water partition coefficient (Wildman–Crippen LogP) is 3.70. The van der Waals surface area contributed by atoms with Crippen LogP contribution in [0.1, 0.15) is 5.76 Å². The van der Waals surface area contributed by atoms with E-state index in [4.69, 9.17) is 16.0 Å². The van der Waals surface area contributed by atoms with Crippen LogP contribution in [0.15, 0.2) is 39.5 Å². The molecule has 0 unspecified atom stereocenters. The number of aromatic nitrogens is 1. The van der Waals surface area contributed by atoms with Gasteiger partial charge in [0.1, 0.15) is 5.76 Å². The van der Waals surface area contributed by atoms with Gasteiger partial charge in [-0.2, -0.15) is 0 Å². The Bertz CT molecular complexity index is 458. The number of nitrogens with one attached hydrogen (secondary N) is 1. The first-order valence-electron chi connectivity index (χ1n) is 4.33. The van der Waals surface area contributed by atoms with Gasteiger partial charge in [0.15, 0.2) is 5.15 Å². The smallest absolute Gasteiger partial charge is 0.152 e. The van der Waals surface area contributed by atoms with Crippen LogP contribution in [-0.2, 0) is 6.54 Å². The van der Waals surface area contributed by atoms with E-state index in [2.05, 4.69) is 26.2 Å². The highest BCUT2D eigenvalue weighted by atomic mass is 79.9. The van der Waals surface area contributed by atoms with Crippen molar-refractivity contribution in [3.8, 4) is 0 Å². The second-order valence-corrected chi connectivity index (χ2v) is 4.10. The van der Waals surface area contributed by atoms with Crippen molar-refractivity contribution in [3.63, 3.8) is 0 Å². The van der Waals surface area contributed by atoms with E-state index in [9.17, 15) is 0 Å². The Balaban J connectivity index is 2.06. The molecule has 0 aliphatic carbocycles. The molecule has 2 aromatic rings. The van der Waals surface area contributed by atoms with Crippen LogP contribution >= 0.6 is 27.5 Å². The van der Waals surface area contributed by atoms with Crippen LogP contribution in [0.25, 0.3) is 0 Å². The molecule has 2 rings (SSSR count). The van der Waals surface area contributed by atoms with Gasteiger partial charge >= 0.3 is 0 Å². The highest BCUT2D eigenvalue weighted by Gasteiger charge is 2.04. The molecule has 0 aliphatic rings. The van der Waals surface area contributed by atoms with Crippen molar-refractivity contribution in [2.75, 3.05) is 5.32 Å². The van der Waals surface area contributed by atoms with E-state index >= 15 is 0 Å². The topological polar surface area (TPSA) is 38.1 Å². The van der Waals surface area contributed by atoms with Gasteiger partial charge in [0.25, 0.3) is 0 Å². The summed E-state index contributed by atoms with van der Waals surface area (Å²) in [6, 6.07) is 5.54. The highest BCUT2D eigenvalue weighted by molar-refractivity contribution is 9.10. The molecule has 0 amide bonds. The number of pyridine rings is 1. The van der Waals surface area contributed by atoms with E-state index in [1.165, 1.54) is 0 Å². The van der Waals surface area contributed by atoms with Crippen molar-refractivity contribution in [1.82, 2.24) is 4.98 Å². The standard InChI is InChI=1S/C10H8BrClN2O/c11-7-3-5-15-9(7)6-14-8-2-1-4-13-10(8)12/h1-5,14H,6H2. The van der Waals surface area contributed by atoms with E-state index in [1.807, 2.05) is 18.2 Å². The molecule has 1 N–H and O–H groups in total. The summed E-state index contributed by atoms with van der Waals surface area (Å²) >= 11 is 9.26. The molecule has 0 aliphatic heterocycles. The number of halogens is 2. The Morgan fingerprint density at radius 3 is 3.00 bits per heavy atom. The van der Waals surface area contributed by atoms with E-state index in [0.29, 0.717) is 11.7 Å². The van der Waals surface area contributed by atoms with Gasteiger partial charge < -0.3 is 9.73 Å². The van der Waals surface area contributed by atoms with Crippen molar-refractivity contribution >= 4 is 33.2 Å². The highest BCUT2D eigenvalue weighted by Crippen LogP contribution is 2.21. The third-order valence-electron chi connectivity index (χ3n) is 1.89. The molecular weight excluding hydrogens is 279 g/mol. The normalized spacial score (nSPS) is 10.3. The minimum Gasteiger partial charge on any atom is -0.466 e. The zero-order valence-corrected chi connectivity index (χ0v) is 10.0. The summed E-state index contributed by atoms with van der Waals surface area (Å²) in [5, 5.41) is 3.60. The average molecular weight is 288 g/mol. The van der Waals surface area contributed by atoms with Crippen molar-refractivity contribution in [1.29, 1.82) is 0 Å². The molecular formula is C10H8BrClN2O. The number of nitrogens with zero attached hydrogens (tertiary/aromatic N) is 1. The van der Waals surface area contributed by atoms with Gasteiger partial charge in [-0.15, -0.1) is 0 Å². The maximum atomic E-state index is 5.89. The van der Waals surface area contributed by atoms with Gasteiger partial charge in [-0.05, 0) is 34.1 Å². The van der Waals surface area contributed by atoms with E-state index in [1.54, 1.807) is 12.5 Å². The summed E-state index contributed by atoms with van der Waals surface area (Å²) in [7, 11) is 0. The molecule has 0 saturated carbocycles. The SMILES string of the molecule is Clc1ncccc1NCc1occc1Br. The van der Waals surface area contributed by atoms with Gasteiger partial charge in [0.2, 0.25) is 0 Å². The fourth-order valence-electron chi connectivity index (χ4n) is 1.14. The summed E-state index contributed by atoms with van der Waals surface area (Å²) in [4.78, 5) is 3.96. The van der Waals surface area contributed by atoms with Gasteiger partial charge in [0.05, 0.1) is 23.0 Å². The monoisotopic (exact) mass is 286 g/mol. The lowest BCUT2D eigenvalue weighted by Gasteiger charge is -2.05. The summed E-state index contributed by atoms with van der Waals surface area (Å²) < 4.78 is 6.19. The molecule has 0 spiro atoms. The lowest BCUT2D eigenvalue weighted by atomic mass is 10.4. The van der Waals surface area contributed by atoms with Crippen molar-refractivity contribution in [2.24, 2.45) is 0 Å². The van der Waals surface area contributed by atoms with Crippen LogP contribution < -0.4 is 5.32 Å². The van der Waals surface area contributed by atoms with Crippen molar-refractivity contribution in [2.45, 2.75) is 6.54 Å². The van der Waals surface area contributed by atoms with Crippen molar-refractivity contribution < 1.29 is 4.42 Å². The molecule has 0 atom stereocenters. The van der Waals surface area contributed by atoms with Crippen LogP contribution in [0.3, 0.4) is 0 Å². The minimum atomic E-state index is 0.458. The Labute approximate surface area is 101 Å². The summed E-state index contributed by atoms with van der Waals surface area (Å²) in [6.45, 7) is 0.568. The van der Waals surface area contributed by atoms with Crippen LogP contribution in [0.4, 0.5) is 5.69 Å². The largest absolute Gasteiger partial charge is 0.466 e. The number of anilines is 1. The Kier molecular flexibility index (Phi) is 3.28. The first kappa shape index (κ1) is 10.5. The quantitative estimate of drug-likeness (QED) is 0.875. The molecule has 2 heterocycles. The lowest BCUT2D eigenvalue weighted by molar-refractivity contribution is 0.516. The van der Waals surface area contributed by atoms with E-state index < -0.39 is 0 Å². The Morgan fingerprint density at radius 2 is 2.33 bits per heavy atom. The molecule has 15 heavy (non-hydrogen) atoms. The van der Waals surface area contributed by atoms with E-state index in [-0.39, 0.29) is 0 Å². The number of rotatable bonds is 3. The van der Waals surface area contributed by atoms with Crippen LogP contribution in [0, 0.1) is 0 Å². The van der Waals surface area contributed by atoms with Crippen molar-refractivity contribution in [3.05, 3.63) is 46.0 Å². The minimum absolute atomic E-state index is 0.458. The summed E-state index contributed by atoms with van der Waals surface area (Å²) in [5.74, 6) is 0.829. The maximum absolute atomic E-state index is 5.89. The molecule has 78 valence electrons. The Hall–Kier alpha value is -1.00. The summed E-state index contributed by atoms with van der Waals surface area (Å²) in [6.07, 6.45) is 3.28. The fourth-order valence-corrected chi connectivity index (χ4v) is 1.67. The second-order valence-electron chi connectivity index (χ2n) is 2.89. The first-order valence-corrected chi connectivity index (χ1v) is 5.51. The maximum Gasteiger partial charge on any atom is 0.152 e. The zero-order chi connectivity index (χ0) is 10.7. The molecule has 3 nitrogen and oxygen atoms in total. The van der Waals surface area contributed by atoms with Gasteiger partial charge in [-0.1, -0.05) is 11.6 Å². The molecule has 0 saturated heterocycles. The van der Waals surface area contributed by atoms with Crippen LogP contribution in [-0.4, -0.2) is 4.98 Å². The van der Waals surface area contributed by atoms with Gasteiger partial charge in [0, 0.05) is 6.20 Å². The number of hydrogen-bond acceptors (Lipinski definition) is 3. The number of furan rings is 1. The molecule has 0 bridgehead atoms. The molecule has 0 aromatic carbocycles. The third kappa shape index (κ3) is 2.52. The van der Waals surface area contributed by atoms with E-state index in [0.717, 1.165) is 15.9 Å². The lowest BCUT2D eigenvalue weighted by Crippen LogP contribution is -1.99. The Morgan fingerprint density at radius 1 is 1.47 bits per heavy atom. The van der Waals surface area contributed by atoms with Crippen LogP contribution in [0.2, 0.25) is 5.15 Å². The molecule has 0 fully saturated rings. The average Bonchev–Trinajstić information content (AvgIpc) is 2.63. The molecule has 5 heteroatoms. The fraction of sp³-hybridized carbons (Fsp3) is 0.100.